The number of nitrogens with one attached hydrogen (secondary N) is 1. The van der Waals surface area contributed by atoms with E-state index in [1.54, 1.807) is 0 Å². The Bertz CT molecular complexity index is 411. The summed E-state index contributed by atoms with van der Waals surface area (Å²) in [4.78, 5) is 4.38. The minimum Gasteiger partial charge on any atom is -0.376 e. The first-order chi connectivity index (χ1) is 9.72. The minimum absolute atomic E-state index is 0.0814. The number of pyridine rings is 1. The third kappa shape index (κ3) is 3.39. The van der Waals surface area contributed by atoms with Crippen molar-refractivity contribution in [2.24, 2.45) is 0 Å². The largest absolute Gasteiger partial charge is 0.376 e. The van der Waals surface area contributed by atoms with Crippen molar-refractivity contribution in [2.45, 2.75) is 64.0 Å². The van der Waals surface area contributed by atoms with Crippen molar-refractivity contribution in [3.8, 4) is 0 Å². The van der Waals surface area contributed by atoms with Crippen LogP contribution in [0.25, 0.3) is 0 Å². The molecule has 0 spiro atoms. The summed E-state index contributed by atoms with van der Waals surface area (Å²) < 4.78 is 6.08. The first-order valence-corrected chi connectivity index (χ1v) is 7.92. The van der Waals surface area contributed by atoms with Gasteiger partial charge < -0.3 is 10.1 Å². The van der Waals surface area contributed by atoms with Crippen LogP contribution in [0.4, 0.5) is 0 Å². The van der Waals surface area contributed by atoms with Crippen molar-refractivity contribution in [1.29, 1.82) is 0 Å². The lowest BCUT2D eigenvalue weighted by atomic mass is 9.82. The summed E-state index contributed by atoms with van der Waals surface area (Å²) in [6.45, 7) is 5.21. The highest BCUT2D eigenvalue weighted by atomic mass is 16.5. The molecule has 1 aliphatic carbocycles. The van der Waals surface area contributed by atoms with Crippen LogP contribution < -0.4 is 5.32 Å². The van der Waals surface area contributed by atoms with Gasteiger partial charge in [-0.05, 0) is 37.4 Å². The normalized spacial score (nSPS) is 20.4. The summed E-state index contributed by atoms with van der Waals surface area (Å²) in [7, 11) is 1.87. The van der Waals surface area contributed by atoms with E-state index >= 15 is 0 Å². The number of rotatable bonds is 5. The molecule has 0 aromatic carbocycles. The lowest BCUT2D eigenvalue weighted by Gasteiger charge is -2.40. The minimum atomic E-state index is -0.0814. The van der Waals surface area contributed by atoms with Crippen LogP contribution >= 0.6 is 0 Å². The number of hydrogen-bond donors (Lipinski definition) is 1. The lowest BCUT2D eigenvalue weighted by molar-refractivity contribution is -0.0537. The molecule has 1 heterocycles. The molecule has 0 radical (unpaired) electrons. The van der Waals surface area contributed by atoms with E-state index in [0.29, 0.717) is 0 Å². The van der Waals surface area contributed by atoms with Crippen LogP contribution in [0, 0.1) is 6.92 Å². The average molecular weight is 276 g/mol. The zero-order valence-corrected chi connectivity index (χ0v) is 13.1. The molecule has 1 aromatic rings. The van der Waals surface area contributed by atoms with E-state index < -0.39 is 0 Å². The number of methoxy groups -OCH3 is 1. The molecule has 1 aromatic heterocycles. The molecular formula is C17H28N2O. The maximum atomic E-state index is 6.08. The van der Waals surface area contributed by atoms with E-state index in [0.717, 1.165) is 19.4 Å². The standard InChI is InChI=1S/C17H28N2O/c1-4-19-16(15-11-14(2)12-18-13-15)17(20-3)9-7-5-6-8-10-17/h11-13,16,19H,4-10H2,1-3H3. The van der Waals surface area contributed by atoms with Gasteiger partial charge in [-0.25, -0.2) is 0 Å². The number of aryl methyl sites for hydroxylation is 1. The maximum Gasteiger partial charge on any atom is 0.0873 e. The lowest BCUT2D eigenvalue weighted by Crippen LogP contribution is -2.45. The second-order valence-corrected chi connectivity index (χ2v) is 5.97. The number of likely N-dealkylation sites (N-methyl/N-ethyl adjacent to an activating group) is 1. The van der Waals surface area contributed by atoms with E-state index in [-0.39, 0.29) is 11.6 Å². The number of nitrogens with zero attached hydrogens (tertiary/aromatic N) is 1. The molecule has 3 nitrogen and oxygen atoms in total. The van der Waals surface area contributed by atoms with Gasteiger partial charge in [-0.2, -0.15) is 0 Å². The van der Waals surface area contributed by atoms with Gasteiger partial charge in [-0.1, -0.05) is 38.7 Å². The fourth-order valence-electron chi connectivity index (χ4n) is 3.49. The zero-order chi connectivity index (χ0) is 14.4. The maximum absolute atomic E-state index is 6.08. The van der Waals surface area contributed by atoms with Gasteiger partial charge >= 0.3 is 0 Å². The summed E-state index contributed by atoms with van der Waals surface area (Å²) in [5.41, 5.74) is 2.39. The van der Waals surface area contributed by atoms with E-state index in [1.807, 2.05) is 19.5 Å². The number of ether oxygens (including phenoxy) is 1. The van der Waals surface area contributed by atoms with Gasteiger partial charge in [0.25, 0.3) is 0 Å². The quantitative estimate of drug-likeness (QED) is 0.831. The highest BCUT2D eigenvalue weighted by Gasteiger charge is 2.39. The average Bonchev–Trinajstić information content (AvgIpc) is 2.71. The van der Waals surface area contributed by atoms with Crippen LogP contribution in [0.5, 0.6) is 0 Å². The van der Waals surface area contributed by atoms with Gasteiger partial charge in [0.05, 0.1) is 11.6 Å². The van der Waals surface area contributed by atoms with Gasteiger partial charge in [-0.3, -0.25) is 4.98 Å². The van der Waals surface area contributed by atoms with Gasteiger partial charge in [0.1, 0.15) is 0 Å². The molecule has 1 fully saturated rings. The van der Waals surface area contributed by atoms with Crippen LogP contribution in [0.3, 0.4) is 0 Å². The summed E-state index contributed by atoms with van der Waals surface area (Å²) in [5, 5.41) is 3.65. The van der Waals surface area contributed by atoms with Crippen molar-refractivity contribution in [3.63, 3.8) is 0 Å². The third-order valence-electron chi connectivity index (χ3n) is 4.52. The zero-order valence-electron chi connectivity index (χ0n) is 13.1. The fraction of sp³-hybridized carbons (Fsp3) is 0.706. The Morgan fingerprint density at radius 1 is 1.25 bits per heavy atom. The Morgan fingerprint density at radius 3 is 2.50 bits per heavy atom. The molecule has 3 heteroatoms. The summed E-state index contributed by atoms with van der Waals surface area (Å²) in [6, 6.07) is 2.48. The van der Waals surface area contributed by atoms with Gasteiger partial charge in [0, 0.05) is 19.5 Å². The smallest absolute Gasteiger partial charge is 0.0873 e. The van der Waals surface area contributed by atoms with E-state index in [4.69, 9.17) is 4.74 Å². The first-order valence-electron chi connectivity index (χ1n) is 7.92. The highest BCUT2D eigenvalue weighted by molar-refractivity contribution is 5.23. The monoisotopic (exact) mass is 276 g/mol. The summed E-state index contributed by atoms with van der Waals surface area (Å²) in [5.74, 6) is 0. The Kier molecular flexibility index (Phi) is 5.55. The van der Waals surface area contributed by atoms with Gasteiger partial charge in [0.2, 0.25) is 0 Å². The van der Waals surface area contributed by atoms with E-state index in [9.17, 15) is 0 Å². The van der Waals surface area contributed by atoms with E-state index in [1.165, 1.54) is 36.8 Å². The topological polar surface area (TPSA) is 34.2 Å². The molecule has 0 saturated heterocycles. The van der Waals surface area contributed by atoms with Crippen LogP contribution in [0.15, 0.2) is 18.5 Å². The Morgan fingerprint density at radius 2 is 1.95 bits per heavy atom. The van der Waals surface area contributed by atoms with Gasteiger partial charge in [-0.15, -0.1) is 0 Å². The van der Waals surface area contributed by atoms with Crippen LogP contribution in [-0.2, 0) is 4.74 Å². The van der Waals surface area contributed by atoms with Crippen LogP contribution in [-0.4, -0.2) is 24.2 Å². The molecule has 1 atom stereocenters. The Hall–Kier alpha value is -0.930. The summed E-state index contributed by atoms with van der Waals surface area (Å²) >= 11 is 0. The second kappa shape index (κ2) is 7.19. The van der Waals surface area contributed by atoms with Crippen LogP contribution in [0.2, 0.25) is 0 Å². The molecule has 0 amide bonds. The predicted octanol–water partition coefficient (Wildman–Crippen LogP) is 3.78. The fourth-order valence-corrected chi connectivity index (χ4v) is 3.49. The summed E-state index contributed by atoms with van der Waals surface area (Å²) in [6.07, 6.45) is 11.4. The molecule has 0 aliphatic heterocycles. The molecule has 0 bridgehead atoms. The Labute approximate surface area is 123 Å². The second-order valence-electron chi connectivity index (χ2n) is 5.97. The molecule has 1 saturated carbocycles. The molecule has 112 valence electrons. The molecule has 2 rings (SSSR count). The molecule has 1 aliphatic rings. The predicted molar refractivity (Wildman–Crippen MR) is 82.8 cm³/mol. The van der Waals surface area contributed by atoms with Crippen molar-refractivity contribution in [2.75, 3.05) is 13.7 Å². The van der Waals surface area contributed by atoms with Gasteiger partial charge in [0.15, 0.2) is 0 Å². The van der Waals surface area contributed by atoms with Crippen molar-refractivity contribution < 1.29 is 4.74 Å². The third-order valence-corrected chi connectivity index (χ3v) is 4.52. The van der Waals surface area contributed by atoms with E-state index in [2.05, 4.69) is 30.2 Å². The molecule has 20 heavy (non-hydrogen) atoms. The SMILES string of the molecule is CCNC(c1cncc(C)c1)C1(OC)CCCCCC1. The molecular weight excluding hydrogens is 248 g/mol. The van der Waals surface area contributed by atoms with Crippen molar-refractivity contribution in [3.05, 3.63) is 29.6 Å². The van der Waals surface area contributed by atoms with Crippen molar-refractivity contribution in [1.82, 2.24) is 10.3 Å². The Balaban J connectivity index is 2.33. The molecule has 1 unspecified atom stereocenters. The number of aromatic nitrogens is 1. The van der Waals surface area contributed by atoms with Crippen molar-refractivity contribution >= 4 is 0 Å². The first kappa shape index (κ1) is 15.5. The molecule has 1 N–H and O–H groups in total. The number of hydrogen-bond acceptors (Lipinski definition) is 3. The van der Waals surface area contributed by atoms with Crippen LogP contribution in [0.1, 0.15) is 62.6 Å². The highest BCUT2D eigenvalue weighted by Crippen LogP contribution is 2.40.